The number of hydrazone groups is 1. The molecule has 140 valence electrons. The van der Waals surface area contributed by atoms with Crippen LogP contribution in [0.4, 0.5) is 5.13 Å². The van der Waals surface area contributed by atoms with E-state index in [9.17, 15) is 4.79 Å². The first-order valence-electron chi connectivity index (χ1n) is 8.25. The number of aromatic nitrogens is 1. The van der Waals surface area contributed by atoms with Crippen molar-refractivity contribution in [2.24, 2.45) is 5.10 Å². The van der Waals surface area contributed by atoms with E-state index in [1.165, 1.54) is 11.3 Å². The summed E-state index contributed by atoms with van der Waals surface area (Å²) in [5.74, 6) is 0.685. The van der Waals surface area contributed by atoms with Gasteiger partial charge in [-0.05, 0) is 42.0 Å². The maximum Gasteiger partial charge on any atom is 0.345 e. The van der Waals surface area contributed by atoms with Crippen molar-refractivity contribution in [1.29, 1.82) is 0 Å². The Balaban J connectivity index is 1.57. The normalized spacial score (nSPS) is 11.2. The predicted octanol–water partition coefficient (Wildman–Crippen LogP) is 5.02. The Labute approximate surface area is 169 Å². The summed E-state index contributed by atoms with van der Waals surface area (Å²) < 4.78 is 10.6. The zero-order chi connectivity index (χ0) is 19.5. The van der Waals surface area contributed by atoms with Gasteiger partial charge in [0.25, 0.3) is 0 Å². The third-order valence-electron chi connectivity index (χ3n) is 3.96. The molecule has 0 bridgehead atoms. The molecule has 2 aromatic heterocycles. The minimum atomic E-state index is -0.445. The van der Waals surface area contributed by atoms with Gasteiger partial charge >= 0.3 is 5.63 Å². The van der Waals surface area contributed by atoms with Crippen LogP contribution in [0.3, 0.4) is 0 Å². The summed E-state index contributed by atoms with van der Waals surface area (Å²) in [5.41, 5.74) is 4.72. The van der Waals surface area contributed by atoms with Crippen molar-refractivity contribution in [2.45, 2.75) is 0 Å². The lowest BCUT2D eigenvalue weighted by Crippen LogP contribution is -2.03. The average molecular weight is 412 g/mol. The fourth-order valence-electron chi connectivity index (χ4n) is 2.57. The van der Waals surface area contributed by atoms with Crippen molar-refractivity contribution in [3.63, 3.8) is 0 Å². The average Bonchev–Trinajstić information content (AvgIpc) is 3.17. The number of thiazole rings is 1. The first-order chi connectivity index (χ1) is 13.6. The van der Waals surface area contributed by atoms with E-state index in [-0.39, 0.29) is 0 Å². The lowest BCUT2D eigenvalue weighted by atomic mass is 10.1. The van der Waals surface area contributed by atoms with Gasteiger partial charge in [0.05, 0.1) is 24.6 Å². The first kappa shape index (κ1) is 18.2. The molecule has 0 unspecified atom stereocenters. The number of hydrogen-bond donors (Lipinski definition) is 1. The molecule has 28 heavy (non-hydrogen) atoms. The highest BCUT2D eigenvalue weighted by atomic mass is 35.5. The van der Waals surface area contributed by atoms with Crippen molar-refractivity contribution < 1.29 is 9.15 Å². The second-order valence-electron chi connectivity index (χ2n) is 5.81. The smallest absolute Gasteiger partial charge is 0.345 e. The van der Waals surface area contributed by atoms with Gasteiger partial charge in [0, 0.05) is 15.8 Å². The fraction of sp³-hybridized carbons (Fsp3) is 0.0500. The predicted molar refractivity (Wildman–Crippen MR) is 113 cm³/mol. The lowest BCUT2D eigenvalue weighted by molar-refractivity contribution is 0.415. The molecular formula is C20H14ClN3O3S. The lowest BCUT2D eigenvalue weighted by Gasteiger charge is -2.03. The Bertz CT molecular complexity index is 1220. The van der Waals surface area contributed by atoms with Gasteiger partial charge < -0.3 is 9.15 Å². The molecule has 0 aliphatic heterocycles. The van der Waals surface area contributed by atoms with E-state index in [4.69, 9.17) is 20.8 Å². The highest BCUT2D eigenvalue weighted by Gasteiger charge is 2.12. The zero-order valence-corrected chi connectivity index (χ0v) is 16.3. The molecule has 0 aliphatic rings. The highest BCUT2D eigenvalue weighted by Crippen LogP contribution is 2.27. The second kappa shape index (κ2) is 7.84. The zero-order valence-electron chi connectivity index (χ0n) is 14.7. The van der Waals surface area contributed by atoms with Gasteiger partial charge in [0.2, 0.25) is 5.13 Å². The van der Waals surface area contributed by atoms with Crippen LogP contribution in [0.5, 0.6) is 5.75 Å². The molecule has 0 saturated carbocycles. The van der Waals surface area contributed by atoms with Gasteiger partial charge in [-0.15, -0.1) is 11.3 Å². The van der Waals surface area contributed by atoms with E-state index in [1.807, 2.05) is 18.2 Å². The van der Waals surface area contributed by atoms with Gasteiger partial charge in [-0.1, -0.05) is 23.7 Å². The summed E-state index contributed by atoms with van der Waals surface area (Å²) in [4.78, 5) is 16.7. The van der Waals surface area contributed by atoms with E-state index < -0.39 is 5.63 Å². The maximum atomic E-state index is 12.3. The van der Waals surface area contributed by atoms with Crippen LogP contribution in [0.1, 0.15) is 5.56 Å². The largest absolute Gasteiger partial charge is 0.497 e. The monoisotopic (exact) mass is 411 g/mol. The van der Waals surface area contributed by atoms with Crippen LogP contribution in [0.15, 0.2) is 68.2 Å². The number of rotatable bonds is 5. The molecule has 0 saturated heterocycles. The standard InChI is InChI=1S/C20H14ClN3O3S/c1-26-15-6-7-18-13(8-15)9-16(19(25)27-18)17-11-28-20(23-17)24-22-10-12-2-4-14(21)5-3-12/h2-11H,1H3,(H,23,24)/b22-10-. The summed E-state index contributed by atoms with van der Waals surface area (Å²) in [6.45, 7) is 0. The van der Waals surface area contributed by atoms with Crippen LogP contribution in [-0.4, -0.2) is 18.3 Å². The number of hydrogen-bond acceptors (Lipinski definition) is 7. The number of fused-ring (bicyclic) bond motifs is 1. The summed E-state index contributed by atoms with van der Waals surface area (Å²) in [5, 5.41) is 7.92. The molecule has 1 N–H and O–H groups in total. The first-order valence-corrected chi connectivity index (χ1v) is 9.50. The van der Waals surface area contributed by atoms with Crippen molar-refractivity contribution in [3.8, 4) is 17.0 Å². The van der Waals surface area contributed by atoms with Crippen LogP contribution in [0.2, 0.25) is 5.02 Å². The molecule has 0 atom stereocenters. The number of ether oxygens (including phenoxy) is 1. The van der Waals surface area contributed by atoms with Crippen LogP contribution >= 0.6 is 22.9 Å². The molecule has 6 nitrogen and oxygen atoms in total. The summed E-state index contributed by atoms with van der Waals surface area (Å²) >= 11 is 7.20. The highest BCUT2D eigenvalue weighted by molar-refractivity contribution is 7.14. The quantitative estimate of drug-likeness (QED) is 0.283. The molecule has 0 amide bonds. The van der Waals surface area contributed by atoms with E-state index in [2.05, 4.69) is 15.5 Å². The summed E-state index contributed by atoms with van der Waals surface area (Å²) in [6, 6.07) is 14.3. The maximum absolute atomic E-state index is 12.3. The molecule has 8 heteroatoms. The third kappa shape index (κ3) is 3.90. The van der Waals surface area contributed by atoms with E-state index in [0.717, 1.165) is 10.9 Å². The molecule has 0 radical (unpaired) electrons. The van der Waals surface area contributed by atoms with Gasteiger partial charge in [-0.25, -0.2) is 9.78 Å². The van der Waals surface area contributed by atoms with Crippen molar-refractivity contribution in [3.05, 3.63) is 74.9 Å². The Morgan fingerprint density at radius 1 is 1.21 bits per heavy atom. The van der Waals surface area contributed by atoms with Crippen LogP contribution in [0.25, 0.3) is 22.2 Å². The Kier molecular flexibility index (Phi) is 5.10. The van der Waals surface area contributed by atoms with Crippen molar-refractivity contribution >= 4 is 45.3 Å². The molecular weight excluding hydrogens is 398 g/mol. The van der Waals surface area contributed by atoms with Crippen LogP contribution in [-0.2, 0) is 0 Å². The molecule has 0 aliphatic carbocycles. The Hall–Kier alpha value is -3.16. The number of nitrogens with one attached hydrogen (secondary N) is 1. The number of halogens is 1. The number of nitrogens with zero attached hydrogens (tertiary/aromatic N) is 2. The summed E-state index contributed by atoms with van der Waals surface area (Å²) in [7, 11) is 1.59. The molecule has 2 aromatic carbocycles. The van der Waals surface area contributed by atoms with E-state index >= 15 is 0 Å². The van der Waals surface area contributed by atoms with Crippen molar-refractivity contribution in [2.75, 3.05) is 12.5 Å². The van der Waals surface area contributed by atoms with Crippen molar-refractivity contribution in [1.82, 2.24) is 4.98 Å². The fourth-order valence-corrected chi connectivity index (χ4v) is 3.35. The number of anilines is 1. The molecule has 2 heterocycles. The number of benzene rings is 2. The Morgan fingerprint density at radius 3 is 2.82 bits per heavy atom. The molecule has 4 rings (SSSR count). The molecule has 4 aromatic rings. The molecule has 0 spiro atoms. The third-order valence-corrected chi connectivity index (χ3v) is 4.96. The van der Waals surface area contributed by atoms with E-state index in [0.29, 0.717) is 32.7 Å². The van der Waals surface area contributed by atoms with Crippen LogP contribution < -0.4 is 15.8 Å². The Morgan fingerprint density at radius 2 is 2.04 bits per heavy atom. The SMILES string of the molecule is COc1ccc2oc(=O)c(-c3csc(N/N=C\c4ccc(Cl)cc4)n3)cc2c1. The van der Waals surface area contributed by atoms with Gasteiger partial charge in [0.1, 0.15) is 11.3 Å². The van der Waals surface area contributed by atoms with E-state index in [1.54, 1.807) is 49.0 Å². The second-order valence-corrected chi connectivity index (χ2v) is 7.11. The van der Waals surface area contributed by atoms with Crippen LogP contribution in [0, 0.1) is 0 Å². The van der Waals surface area contributed by atoms with Gasteiger partial charge in [-0.3, -0.25) is 5.43 Å². The minimum absolute atomic E-state index is 0.381. The number of methoxy groups -OCH3 is 1. The summed E-state index contributed by atoms with van der Waals surface area (Å²) in [6.07, 6.45) is 1.66. The van der Waals surface area contributed by atoms with Gasteiger partial charge in [0.15, 0.2) is 0 Å². The molecule has 0 fully saturated rings. The minimum Gasteiger partial charge on any atom is -0.497 e. The van der Waals surface area contributed by atoms with Gasteiger partial charge in [-0.2, -0.15) is 5.10 Å². The topological polar surface area (TPSA) is 76.7 Å².